The highest BCUT2D eigenvalue weighted by atomic mass is 16.5. The van der Waals surface area contributed by atoms with Gasteiger partial charge in [0, 0.05) is 19.3 Å². The Balaban J connectivity index is 1.65. The molecular formula is C19H29N3O3. The van der Waals surface area contributed by atoms with E-state index in [2.05, 4.69) is 22.9 Å². The van der Waals surface area contributed by atoms with Gasteiger partial charge in [0.1, 0.15) is 0 Å². The van der Waals surface area contributed by atoms with Crippen molar-refractivity contribution in [3.05, 3.63) is 29.8 Å². The Hall–Kier alpha value is -2.08. The van der Waals surface area contributed by atoms with Gasteiger partial charge in [-0.2, -0.15) is 0 Å². The highest BCUT2D eigenvalue weighted by Crippen LogP contribution is 2.25. The number of hydrogen-bond acceptors (Lipinski definition) is 3. The summed E-state index contributed by atoms with van der Waals surface area (Å²) < 4.78 is 5.88. The Morgan fingerprint density at radius 3 is 2.56 bits per heavy atom. The number of rotatable bonds is 7. The van der Waals surface area contributed by atoms with Crippen molar-refractivity contribution in [2.75, 3.05) is 25.5 Å². The standard InChI is InChI=1S/C19H29N3O3/c1-14-5-3-4-6-17(14)25-12-11-21-19(24)22-16-9-7-15(8-10-16)13-18(23)20-2/h7-10,14,17H,3-6,11-13H2,1-2H3,(H,20,23)(H2,21,22,24)/t14-,17+/m1/s1. The molecular weight excluding hydrogens is 318 g/mol. The first-order chi connectivity index (χ1) is 12.1. The van der Waals surface area contributed by atoms with Crippen LogP contribution in [0.1, 0.15) is 38.2 Å². The Morgan fingerprint density at radius 1 is 1.16 bits per heavy atom. The van der Waals surface area contributed by atoms with E-state index in [1.165, 1.54) is 19.3 Å². The summed E-state index contributed by atoms with van der Waals surface area (Å²) in [4.78, 5) is 23.2. The molecule has 1 aromatic carbocycles. The van der Waals surface area contributed by atoms with Crippen molar-refractivity contribution in [1.29, 1.82) is 0 Å². The van der Waals surface area contributed by atoms with Crippen molar-refractivity contribution in [3.63, 3.8) is 0 Å². The van der Waals surface area contributed by atoms with E-state index in [0.29, 0.717) is 37.3 Å². The topological polar surface area (TPSA) is 79.5 Å². The quantitative estimate of drug-likeness (QED) is 0.664. The first-order valence-electron chi connectivity index (χ1n) is 9.04. The SMILES string of the molecule is CNC(=O)Cc1ccc(NC(=O)NCCO[C@H]2CCCC[C@H]2C)cc1. The average molecular weight is 347 g/mol. The van der Waals surface area contributed by atoms with Crippen LogP contribution in [0.2, 0.25) is 0 Å². The zero-order valence-electron chi connectivity index (χ0n) is 15.1. The van der Waals surface area contributed by atoms with Crippen LogP contribution < -0.4 is 16.0 Å². The molecule has 0 heterocycles. The van der Waals surface area contributed by atoms with E-state index < -0.39 is 0 Å². The van der Waals surface area contributed by atoms with Crippen LogP contribution in [0.5, 0.6) is 0 Å². The van der Waals surface area contributed by atoms with Gasteiger partial charge < -0.3 is 20.7 Å². The molecule has 0 aliphatic heterocycles. The van der Waals surface area contributed by atoms with Crippen molar-refractivity contribution >= 4 is 17.6 Å². The lowest BCUT2D eigenvalue weighted by molar-refractivity contribution is -0.119. The number of hydrogen-bond donors (Lipinski definition) is 3. The molecule has 1 aromatic rings. The molecule has 1 aliphatic carbocycles. The predicted molar refractivity (Wildman–Crippen MR) is 98.6 cm³/mol. The fourth-order valence-corrected chi connectivity index (χ4v) is 3.06. The molecule has 6 nitrogen and oxygen atoms in total. The summed E-state index contributed by atoms with van der Waals surface area (Å²) in [6, 6.07) is 6.99. The molecule has 1 aliphatic rings. The van der Waals surface area contributed by atoms with Crippen LogP contribution in [0.4, 0.5) is 10.5 Å². The van der Waals surface area contributed by atoms with E-state index in [4.69, 9.17) is 4.74 Å². The lowest BCUT2D eigenvalue weighted by Gasteiger charge is -2.28. The fourth-order valence-electron chi connectivity index (χ4n) is 3.06. The molecule has 3 N–H and O–H groups in total. The fraction of sp³-hybridized carbons (Fsp3) is 0.579. The lowest BCUT2D eigenvalue weighted by atomic mass is 9.88. The van der Waals surface area contributed by atoms with Crippen LogP contribution >= 0.6 is 0 Å². The highest BCUT2D eigenvalue weighted by molar-refractivity contribution is 5.89. The molecule has 0 aromatic heterocycles. The predicted octanol–water partition coefficient (Wildman–Crippen LogP) is 2.69. The Kier molecular flexibility index (Phi) is 7.73. The third-order valence-electron chi connectivity index (χ3n) is 4.61. The minimum absolute atomic E-state index is 0.0364. The molecule has 0 spiro atoms. The van der Waals surface area contributed by atoms with Crippen LogP contribution in [0, 0.1) is 5.92 Å². The maximum Gasteiger partial charge on any atom is 0.319 e. The zero-order chi connectivity index (χ0) is 18.1. The Bertz CT molecular complexity index is 560. The number of urea groups is 1. The van der Waals surface area contributed by atoms with Gasteiger partial charge in [0.15, 0.2) is 0 Å². The Morgan fingerprint density at radius 2 is 1.88 bits per heavy atom. The summed E-state index contributed by atoms with van der Waals surface area (Å²) in [7, 11) is 1.61. The van der Waals surface area contributed by atoms with Crippen LogP contribution in [0.3, 0.4) is 0 Å². The second-order valence-corrected chi connectivity index (χ2v) is 6.60. The van der Waals surface area contributed by atoms with Crippen LogP contribution in [-0.4, -0.2) is 38.2 Å². The van der Waals surface area contributed by atoms with Gasteiger partial charge in [-0.3, -0.25) is 4.79 Å². The summed E-state index contributed by atoms with van der Waals surface area (Å²) in [5.74, 6) is 0.571. The maximum absolute atomic E-state index is 11.9. The maximum atomic E-state index is 11.9. The zero-order valence-corrected chi connectivity index (χ0v) is 15.1. The van der Waals surface area contributed by atoms with E-state index >= 15 is 0 Å². The molecule has 138 valence electrons. The van der Waals surface area contributed by atoms with Crippen molar-refractivity contribution in [1.82, 2.24) is 10.6 Å². The Labute approximate surface area is 149 Å². The number of amides is 3. The summed E-state index contributed by atoms with van der Waals surface area (Å²) in [6.45, 7) is 3.26. The van der Waals surface area contributed by atoms with Crippen molar-refractivity contribution in [2.24, 2.45) is 5.92 Å². The molecule has 2 atom stereocenters. The number of likely N-dealkylation sites (N-methyl/N-ethyl adjacent to an activating group) is 1. The summed E-state index contributed by atoms with van der Waals surface area (Å²) in [5.41, 5.74) is 1.60. The largest absolute Gasteiger partial charge is 0.376 e. The molecule has 0 saturated heterocycles. The number of carbonyl (C=O) groups excluding carboxylic acids is 2. The number of carbonyl (C=O) groups is 2. The summed E-state index contributed by atoms with van der Waals surface area (Å²) in [6.07, 6.45) is 5.54. The van der Waals surface area contributed by atoms with Crippen LogP contribution in [0.15, 0.2) is 24.3 Å². The highest BCUT2D eigenvalue weighted by Gasteiger charge is 2.21. The second-order valence-electron chi connectivity index (χ2n) is 6.60. The average Bonchev–Trinajstić information content (AvgIpc) is 2.61. The van der Waals surface area contributed by atoms with Crippen LogP contribution in [-0.2, 0) is 16.0 Å². The molecule has 25 heavy (non-hydrogen) atoms. The lowest BCUT2D eigenvalue weighted by Crippen LogP contribution is -2.34. The van der Waals surface area contributed by atoms with E-state index in [1.807, 2.05) is 12.1 Å². The van der Waals surface area contributed by atoms with Gasteiger partial charge >= 0.3 is 6.03 Å². The number of nitrogens with one attached hydrogen (secondary N) is 3. The van der Waals surface area contributed by atoms with Gasteiger partial charge in [-0.05, 0) is 36.5 Å². The third kappa shape index (κ3) is 6.74. The van der Waals surface area contributed by atoms with Gasteiger partial charge in [-0.1, -0.05) is 31.9 Å². The first-order valence-corrected chi connectivity index (χ1v) is 9.04. The van der Waals surface area contributed by atoms with Crippen molar-refractivity contribution in [2.45, 2.75) is 45.1 Å². The minimum atomic E-state index is -0.251. The van der Waals surface area contributed by atoms with E-state index in [0.717, 1.165) is 12.0 Å². The number of anilines is 1. The molecule has 1 saturated carbocycles. The molecule has 0 bridgehead atoms. The van der Waals surface area contributed by atoms with Crippen LogP contribution in [0.25, 0.3) is 0 Å². The smallest absolute Gasteiger partial charge is 0.319 e. The van der Waals surface area contributed by atoms with Gasteiger partial charge in [-0.15, -0.1) is 0 Å². The molecule has 6 heteroatoms. The molecule has 0 unspecified atom stereocenters. The molecule has 3 amide bonds. The van der Waals surface area contributed by atoms with E-state index in [1.54, 1.807) is 19.2 Å². The number of ether oxygens (including phenoxy) is 1. The summed E-state index contributed by atoms with van der Waals surface area (Å²) >= 11 is 0. The van der Waals surface area contributed by atoms with Crippen molar-refractivity contribution in [3.8, 4) is 0 Å². The van der Waals surface area contributed by atoms with Crippen molar-refractivity contribution < 1.29 is 14.3 Å². The molecule has 0 radical (unpaired) electrons. The normalized spacial score (nSPS) is 19.9. The molecule has 2 rings (SSSR count). The summed E-state index contributed by atoms with van der Waals surface area (Å²) in [5, 5.41) is 8.16. The first kappa shape index (κ1) is 19.2. The second kappa shape index (κ2) is 10.0. The van der Waals surface area contributed by atoms with Gasteiger partial charge in [0.2, 0.25) is 5.91 Å². The third-order valence-corrected chi connectivity index (χ3v) is 4.61. The number of benzene rings is 1. The van der Waals surface area contributed by atoms with E-state index in [-0.39, 0.29) is 11.9 Å². The van der Waals surface area contributed by atoms with E-state index in [9.17, 15) is 9.59 Å². The van der Waals surface area contributed by atoms with Gasteiger partial charge in [0.05, 0.1) is 19.1 Å². The van der Waals surface area contributed by atoms with Gasteiger partial charge in [0.25, 0.3) is 0 Å². The molecule has 1 fully saturated rings. The minimum Gasteiger partial charge on any atom is -0.376 e. The van der Waals surface area contributed by atoms with Gasteiger partial charge in [-0.25, -0.2) is 4.79 Å². The monoisotopic (exact) mass is 347 g/mol.